The number of imidazole rings is 1. The largest absolute Gasteiger partial charge is 0.333 e. The van der Waals surface area contributed by atoms with Crippen LogP contribution in [0.25, 0.3) is 133 Å². The van der Waals surface area contributed by atoms with Gasteiger partial charge in [0.2, 0.25) is 11.9 Å². The summed E-state index contributed by atoms with van der Waals surface area (Å²) < 4.78 is 11.9. The molecule has 0 N–H and O–H groups in total. The fourth-order valence-corrected chi connectivity index (χ4v) is 12.3. The molecule has 342 valence electrons. The second kappa shape index (κ2) is 15.4. The monoisotopic (exact) mass is 934 g/mol. The molecule has 9 aromatic carbocycles. The Balaban J connectivity index is 1.05. The van der Waals surface area contributed by atoms with Crippen LogP contribution in [-0.2, 0) is 0 Å². The molecule has 0 saturated heterocycles. The molecule has 0 spiro atoms. The number of fused-ring (bicyclic) bond motifs is 15. The number of allylic oxidation sites excluding steroid dienone is 4. The number of hydrogen-bond acceptors (Lipinski definition) is 3. The third kappa shape index (κ3) is 5.63. The highest BCUT2D eigenvalue weighted by molar-refractivity contribution is 6.27. The minimum atomic E-state index is 0.178. The molecular weight excluding hydrogens is 893 g/mol. The predicted molar refractivity (Wildman–Crippen MR) is 300 cm³/mol. The first-order chi connectivity index (χ1) is 36.3. The van der Waals surface area contributed by atoms with Crippen molar-refractivity contribution in [1.82, 2.24) is 37.8 Å². The Morgan fingerprint density at radius 3 is 1.53 bits per heavy atom. The molecule has 0 bridgehead atoms. The van der Waals surface area contributed by atoms with Crippen LogP contribution in [0.4, 0.5) is 0 Å². The van der Waals surface area contributed by atoms with Gasteiger partial charge in [-0.1, -0.05) is 176 Å². The van der Waals surface area contributed by atoms with E-state index in [9.17, 15) is 0 Å². The van der Waals surface area contributed by atoms with Gasteiger partial charge in [-0.25, -0.2) is 4.98 Å². The maximum atomic E-state index is 5.79. The van der Waals surface area contributed by atoms with E-state index in [1.54, 1.807) is 0 Å². The van der Waals surface area contributed by atoms with Crippen molar-refractivity contribution in [2.45, 2.75) is 12.5 Å². The zero-order valence-corrected chi connectivity index (χ0v) is 39.4. The predicted octanol–water partition coefficient (Wildman–Crippen LogP) is 15.9. The van der Waals surface area contributed by atoms with Crippen molar-refractivity contribution in [3.8, 4) is 34.5 Å². The minimum absolute atomic E-state index is 0.178. The summed E-state index contributed by atoms with van der Waals surface area (Å²) in [7, 11) is 0. The Morgan fingerprint density at radius 1 is 0.356 bits per heavy atom. The third-order valence-corrected chi connectivity index (χ3v) is 15.2. The lowest BCUT2D eigenvalue weighted by molar-refractivity contribution is 0.648. The first kappa shape index (κ1) is 40.0. The molecule has 16 rings (SSSR count). The van der Waals surface area contributed by atoms with Crippen LogP contribution in [-0.4, -0.2) is 37.8 Å². The van der Waals surface area contributed by atoms with E-state index in [1.165, 1.54) is 32.6 Å². The Kier molecular flexibility index (Phi) is 8.41. The molecule has 0 amide bonds. The zero-order chi connectivity index (χ0) is 47.7. The van der Waals surface area contributed by atoms with Gasteiger partial charge in [-0.15, -0.1) is 0 Å². The topological polar surface area (TPSA) is 63.3 Å². The molecular formula is C65H42N8. The smallest absolute Gasteiger partial charge is 0.237 e. The molecule has 0 fully saturated rings. The molecule has 0 aliphatic heterocycles. The lowest BCUT2D eigenvalue weighted by atomic mass is 10.1. The number of nitrogens with zero attached hydrogens (tertiary/aromatic N) is 8. The number of benzene rings is 9. The Labute approximate surface area is 417 Å². The second-order valence-corrected chi connectivity index (χ2v) is 19.1. The summed E-state index contributed by atoms with van der Waals surface area (Å²) in [5, 5.41) is 9.38. The first-order valence-electron chi connectivity index (χ1n) is 25.0. The van der Waals surface area contributed by atoms with E-state index in [4.69, 9.17) is 15.0 Å². The Morgan fingerprint density at radius 2 is 0.877 bits per heavy atom. The van der Waals surface area contributed by atoms with Gasteiger partial charge in [0, 0.05) is 65.5 Å². The van der Waals surface area contributed by atoms with Gasteiger partial charge in [0.25, 0.3) is 0 Å². The first-order valence-corrected chi connectivity index (χ1v) is 25.0. The molecule has 6 heterocycles. The summed E-state index contributed by atoms with van der Waals surface area (Å²) in [6.07, 6.45) is 9.85. The number of hydrogen-bond donors (Lipinski definition) is 0. The second-order valence-electron chi connectivity index (χ2n) is 19.1. The molecule has 15 aromatic rings. The standard InChI is InChI=1S/C65H42N8/c1-5-21-41(22-6-1)59-62-63(67-64(66-59)72-54-36-20-16-32-50(54)58-56(72)40-38-47-45-29-13-17-33-51(45)70(60(47)58)43-25-9-3-10-26-43)68-65(71(62)44-27-11-4-12-28-44)73-52-34-18-14-30-46(52)48-37-39-55-57(61(48)73)49-31-15-19-35-53(49)69(55)42-23-7-2-8-24-42/h1-23,25-40,42H,24H2. The summed E-state index contributed by atoms with van der Waals surface area (Å²) in [6.45, 7) is 0. The maximum Gasteiger partial charge on any atom is 0.237 e. The highest BCUT2D eigenvalue weighted by atomic mass is 15.3. The van der Waals surface area contributed by atoms with Gasteiger partial charge in [-0.3, -0.25) is 13.7 Å². The summed E-state index contributed by atoms with van der Waals surface area (Å²) >= 11 is 0. The molecule has 8 heteroatoms. The maximum absolute atomic E-state index is 5.79. The minimum Gasteiger partial charge on any atom is -0.333 e. The molecule has 1 unspecified atom stereocenters. The lowest BCUT2D eigenvalue weighted by Crippen LogP contribution is -2.08. The summed E-state index contributed by atoms with van der Waals surface area (Å²) in [5.74, 6) is 1.28. The van der Waals surface area contributed by atoms with Gasteiger partial charge >= 0.3 is 0 Å². The van der Waals surface area contributed by atoms with E-state index in [-0.39, 0.29) is 6.04 Å². The van der Waals surface area contributed by atoms with Gasteiger partial charge < -0.3 is 9.13 Å². The van der Waals surface area contributed by atoms with Crippen molar-refractivity contribution in [2.24, 2.45) is 0 Å². The summed E-state index contributed by atoms with van der Waals surface area (Å²) in [6, 6.07) is 76.2. The number of para-hydroxylation sites is 6. The van der Waals surface area contributed by atoms with E-state index >= 15 is 0 Å². The number of rotatable bonds is 6. The Bertz CT molecular complexity index is 4810. The molecule has 0 saturated carbocycles. The van der Waals surface area contributed by atoms with Crippen LogP contribution in [0.3, 0.4) is 0 Å². The van der Waals surface area contributed by atoms with Gasteiger partial charge in [0.15, 0.2) is 5.65 Å². The number of aromatic nitrogens is 8. The molecule has 73 heavy (non-hydrogen) atoms. The summed E-state index contributed by atoms with van der Waals surface area (Å²) in [5.41, 5.74) is 14.1. The molecule has 1 aliphatic carbocycles. The van der Waals surface area contributed by atoms with Gasteiger partial charge in [0.1, 0.15) is 11.2 Å². The molecule has 1 atom stereocenters. The van der Waals surface area contributed by atoms with Gasteiger partial charge in [0.05, 0.1) is 44.7 Å². The Hall–Kier alpha value is -9.79. The quantitative estimate of drug-likeness (QED) is 0.167. The normalized spacial score (nSPS) is 14.0. The van der Waals surface area contributed by atoms with E-state index < -0.39 is 0 Å². The van der Waals surface area contributed by atoms with E-state index in [2.05, 4.69) is 259 Å². The SMILES string of the molecule is C1=CCC(n2c3ccccc3c3c4c(ccc32)c2ccccc2n4-c2nc3nc(-n4c5ccccc5c5c4ccc4c6ccccc6n(-c6ccccc6)c45)nc(-c4ccccc4)c3n2-c2ccccc2)C=C1. The molecule has 0 radical (unpaired) electrons. The van der Waals surface area contributed by atoms with Crippen LogP contribution in [0.2, 0.25) is 0 Å². The van der Waals surface area contributed by atoms with Crippen molar-refractivity contribution in [1.29, 1.82) is 0 Å². The van der Waals surface area contributed by atoms with E-state index in [0.717, 1.165) is 95.2 Å². The van der Waals surface area contributed by atoms with Crippen LogP contribution in [0.1, 0.15) is 12.5 Å². The van der Waals surface area contributed by atoms with Crippen LogP contribution in [0, 0.1) is 0 Å². The lowest BCUT2D eigenvalue weighted by Gasteiger charge is -2.18. The molecule has 1 aliphatic rings. The highest BCUT2D eigenvalue weighted by Crippen LogP contribution is 2.46. The average molecular weight is 935 g/mol. The van der Waals surface area contributed by atoms with Crippen LogP contribution >= 0.6 is 0 Å². The van der Waals surface area contributed by atoms with Crippen LogP contribution < -0.4 is 0 Å². The average Bonchev–Trinajstić information content (AvgIpc) is 4.30. The van der Waals surface area contributed by atoms with Crippen molar-refractivity contribution < 1.29 is 0 Å². The summed E-state index contributed by atoms with van der Waals surface area (Å²) in [4.78, 5) is 17.2. The molecule has 6 aromatic heterocycles. The zero-order valence-electron chi connectivity index (χ0n) is 39.4. The fraction of sp³-hybridized carbons (Fsp3) is 0.0308. The van der Waals surface area contributed by atoms with Gasteiger partial charge in [-0.05, 0) is 67.1 Å². The van der Waals surface area contributed by atoms with Crippen molar-refractivity contribution in [3.63, 3.8) is 0 Å². The van der Waals surface area contributed by atoms with E-state index in [0.29, 0.717) is 11.6 Å². The fourth-order valence-electron chi connectivity index (χ4n) is 12.3. The van der Waals surface area contributed by atoms with Crippen LogP contribution in [0.15, 0.2) is 237 Å². The van der Waals surface area contributed by atoms with Crippen molar-refractivity contribution >= 4 is 98.4 Å². The van der Waals surface area contributed by atoms with E-state index in [1.807, 2.05) is 0 Å². The third-order valence-electron chi connectivity index (χ3n) is 15.2. The van der Waals surface area contributed by atoms with Crippen LogP contribution in [0.5, 0.6) is 0 Å². The van der Waals surface area contributed by atoms with Crippen molar-refractivity contribution in [3.05, 3.63) is 237 Å². The molecule has 8 nitrogen and oxygen atoms in total. The van der Waals surface area contributed by atoms with Crippen molar-refractivity contribution in [2.75, 3.05) is 0 Å². The highest BCUT2D eigenvalue weighted by Gasteiger charge is 2.29. The van der Waals surface area contributed by atoms with Gasteiger partial charge in [-0.2, -0.15) is 9.97 Å².